The summed E-state index contributed by atoms with van der Waals surface area (Å²) in [5.74, 6) is -4.72. The summed E-state index contributed by atoms with van der Waals surface area (Å²) in [6.45, 7) is 7.08. The number of carbonyl (C=O) groups excluding carboxylic acids is 1. The largest absolute Gasteiger partial charge is 0.481 e. The van der Waals surface area contributed by atoms with E-state index in [1.807, 2.05) is 0 Å². The van der Waals surface area contributed by atoms with Crippen molar-refractivity contribution in [1.82, 2.24) is 5.32 Å². The van der Waals surface area contributed by atoms with Crippen molar-refractivity contribution in [1.29, 1.82) is 0 Å². The van der Waals surface area contributed by atoms with E-state index in [9.17, 15) is 14.4 Å². The van der Waals surface area contributed by atoms with Gasteiger partial charge < -0.3 is 20.3 Å². The first-order valence-electron chi connectivity index (χ1n) is 6.51. The van der Waals surface area contributed by atoms with Crippen LogP contribution in [0.3, 0.4) is 0 Å². The quantitative estimate of drug-likeness (QED) is 0.615. The Hall–Kier alpha value is -1.79. The lowest BCUT2D eigenvalue weighted by Crippen LogP contribution is -2.36. The van der Waals surface area contributed by atoms with Crippen molar-refractivity contribution in [3.63, 3.8) is 0 Å². The summed E-state index contributed by atoms with van der Waals surface area (Å²) in [5.41, 5.74) is -0.612. The van der Waals surface area contributed by atoms with Gasteiger partial charge in [0, 0.05) is 6.54 Å². The van der Waals surface area contributed by atoms with Crippen molar-refractivity contribution in [2.24, 2.45) is 11.8 Å². The molecular weight excluding hydrogens is 266 g/mol. The molecule has 3 N–H and O–H groups in total. The summed E-state index contributed by atoms with van der Waals surface area (Å²) in [6.07, 6.45) is 0.0627. The van der Waals surface area contributed by atoms with Gasteiger partial charge in [-0.15, -0.1) is 0 Å². The number of ether oxygens (including phenoxy) is 1. The van der Waals surface area contributed by atoms with Crippen molar-refractivity contribution < 1.29 is 29.3 Å². The highest BCUT2D eigenvalue weighted by Crippen LogP contribution is 2.20. The van der Waals surface area contributed by atoms with Gasteiger partial charge in [0.25, 0.3) is 0 Å². The van der Waals surface area contributed by atoms with Gasteiger partial charge in [-0.05, 0) is 33.1 Å². The normalized spacial score (nSPS) is 12.8. The number of aliphatic carboxylic acids is 2. The molecular formula is C13H23NO6. The third-order valence-electron chi connectivity index (χ3n) is 2.71. The number of carboxylic acids is 2. The average Bonchev–Trinajstić information content (AvgIpc) is 2.23. The molecule has 0 bridgehead atoms. The van der Waals surface area contributed by atoms with Gasteiger partial charge in [-0.25, -0.2) is 4.79 Å². The Morgan fingerprint density at radius 3 is 2.00 bits per heavy atom. The van der Waals surface area contributed by atoms with Gasteiger partial charge in [0.1, 0.15) is 5.60 Å². The van der Waals surface area contributed by atoms with Crippen LogP contribution >= 0.6 is 0 Å². The topological polar surface area (TPSA) is 113 Å². The molecule has 0 aromatic heterocycles. The Kier molecular flexibility index (Phi) is 7.02. The van der Waals surface area contributed by atoms with Crippen molar-refractivity contribution in [2.45, 2.75) is 46.1 Å². The predicted octanol–water partition coefficient (Wildman–Crippen LogP) is 1.71. The SMILES string of the molecule is CCC(CCNC(=O)OC(C)(C)C)C(C(=O)O)C(=O)O. The number of hydrogen-bond donors (Lipinski definition) is 3. The van der Waals surface area contributed by atoms with Crippen LogP contribution in [-0.4, -0.2) is 40.4 Å². The molecule has 0 spiro atoms. The molecule has 0 radical (unpaired) electrons. The zero-order valence-electron chi connectivity index (χ0n) is 12.3. The molecule has 20 heavy (non-hydrogen) atoms. The van der Waals surface area contributed by atoms with Crippen LogP contribution in [0.4, 0.5) is 4.79 Å². The second-order valence-electron chi connectivity index (χ2n) is 5.54. The Morgan fingerprint density at radius 2 is 1.65 bits per heavy atom. The summed E-state index contributed by atoms with van der Waals surface area (Å²) >= 11 is 0. The summed E-state index contributed by atoms with van der Waals surface area (Å²) in [5, 5.41) is 20.3. The molecule has 0 aliphatic heterocycles. The fourth-order valence-electron chi connectivity index (χ4n) is 1.79. The van der Waals surface area contributed by atoms with Crippen LogP contribution in [-0.2, 0) is 14.3 Å². The molecule has 0 saturated carbocycles. The highest BCUT2D eigenvalue weighted by Gasteiger charge is 2.33. The van der Waals surface area contributed by atoms with E-state index >= 15 is 0 Å². The fourth-order valence-corrected chi connectivity index (χ4v) is 1.79. The number of alkyl carbamates (subject to hydrolysis) is 1. The molecule has 1 amide bonds. The summed E-state index contributed by atoms with van der Waals surface area (Å²) in [6, 6.07) is 0. The minimum Gasteiger partial charge on any atom is -0.481 e. The van der Waals surface area contributed by atoms with E-state index in [1.165, 1.54) is 0 Å². The lowest BCUT2D eigenvalue weighted by atomic mass is 9.87. The van der Waals surface area contributed by atoms with Crippen LogP contribution in [0.5, 0.6) is 0 Å². The summed E-state index contributed by atoms with van der Waals surface area (Å²) < 4.78 is 5.03. The number of rotatable bonds is 7. The maximum Gasteiger partial charge on any atom is 0.407 e. The van der Waals surface area contributed by atoms with Gasteiger partial charge in [-0.1, -0.05) is 13.3 Å². The Morgan fingerprint density at radius 1 is 1.15 bits per heavy atom. The number of carboxylic acid groups (broad SMARTS) is 2. The third kappa shape index (κ3) is 6.96. The van der Waals surface area contributed by atoms with Gasteiger partial charge in [0.05, 0.1) is 0 Å². The van der Waals surface area contributed by atoms with E-state index in [4.69, 9.17) is 14.9 Å². The molecule has 0 saturated heterocycles. The molecule has 116 valence electrons. The lowest BCUT2D eigenvalue weighted by Gasteiger charge is -2.21. The van der Waals surface area contributed by atoms with Crippen LogP contribution < -0.4 is 5.32 Å². The molecule has 0 aromatic rings. The fraction of sp³-hybridized carbons (Fsp3) is 0.769. The standard InChI is InChI=1S/C13H23NO6/c1-5-8(9(10(15)16)11(17)18)6-7-14-12(19)20-13(2,3)4/h8-9H,5-7H2,1-4H3,(H,14,19)(H,15,16)(H,17,18). The molecule has 7 heteroatoms. The maximum atomic E-state index is 11.4. The van der Waals surface area contributed by atoms with E-state index in [0.29, 0.717) is 6.42 Å². The van der Waals surface area contributed by atoms with E-state index in [-0.39, 0.29) is 13.0 Å². The molecule has 0 aliphatic carbocycles. The van der Waals surface area contributed by atoms with E-state index in [2.05, 4.69) is 5.32 Å². The van der Waals surface area contributed by atoms with Crippen LogP contribution in [0.1, 0.15) is 40.5 Å². The monoisotopic (exact) mass is 289 g/mol. The summed E-state index contributed by atoms with van der Waals surface area (Å²) in [4.78, 5) is 33.3. The maximum absolute atomic E-state index is 11.4. The molecule has 0 rings (SSSR count). The van der Waals surface area contributed by atoms with Crippen molar-refractivity contribution in [3.05, 3.63) is 0 Å². The molecule has 0 aliphatic rings. The number of hydrogen-bond acceptors (Lipinski definition) is 4. The van der Waals surface area contributed by atoms with E-state index < -0.39 is 35.5 Å². The molecule has 0 aromatic carbocycles. The molecule has 0 heterocycles. The van der Waals surface area contributed by atoms with Crippen molar-refractivity contribution in [2.75, 3.05) is 6.54 Å². The van der Waals surface area contributed by atoms with Gasteiger partial charge in [0.15, 0.2) is 5.92 Å². The van der Waals surface area contributed by atoms with E-state index in [0.717, 1.165) is 0 Å². The minimum absolute atomic E-state index is 0.171. The zero-order valence-corrected chi connectivity index (χ0v) is 12.3. The smallest absolute Gasteiger partial charge is 0.407 e. The van der Waals surface area contributed by atoms with Gasteiger partial charge in [-0.2, -0.15) is 0 Å². The van der Waals surface area contributed by atoms with Gasteiger partial charge >= 0.3 is 18.0 Å². The van der Waals surface area contributed by atoms with Crippen LogP contribution in [0.2, 0.25) is 0 Å². The van der Waals surface area contributed by atoms with Gasteiger partial charge in [-0.3, -0.25) is 9.59 Å². The first kappa shape index (κ1) is 18.2. The van der Waals surface area contributed by atoms with E-state index in [1.54, 1.807) is 27.7 Å². The average molecular weight is 289 g/mol. The van der Waals surface area contributed by atoms with Gasteiger partial charge in [0.2, 0.25) is 0 Å². The molecule has 1 atom stereocenters. The molecule has 0 fully saturated rings. The van der Waals surface area contributed by atoms with Crippen molar-refractivity contribution in [3.8, 4) is 0 Å². The third-order valence-corrected chi connectivity index (χ3v) is 2.71. The minimum atomic E-state index is -1.46. The number of nitrogens with one attached hydrogen (secondary N) is 1. The number of carbonyl (C=O) groups is 3. The Labute approximate surface area is 118 Å². The van der Waals surface area contributed by atoms with Crippen molar-refractivity contribution >= 4 is 18.0 Å². The highest BCUT2D eigenvalue weighted by molar-refractivity contribution is 5.93. The lowest BCUT2D eigenvalue weighted by molar-refractivity contribution is -0.157. The first-order valence-corrected chi connectivity index (χ1v) is 6.51. The second-order valence-corrected chi connectivity index (χ2v) is 5.54. The highest BCUT2D eigenvalue weighted by atomic mass is 16.6. The molecule has 1 unspecified atom stereocenters. The van der Waals surface area contributed by atoms with Crippen LogP contribution in [0.25, 0.3) is 0 Å². The van der Waals surface area contributed by atoms with Crippen LogP contribution in [0, 0.1) is 11.8 Å². The predicted molar refractivity (Wildman–Crippen MR) is 71.4 cm³/mol. The van der Waals surface area contributed by atoms with Crippen LogP contribution in [0.15, 0.2) is 0 Å². The second kappa shape index (κ2) is 7.72. The molecule has 7 nitrogen and oxygen atoms in total. The Balaban J connectivity index is 4.36. The first-order chi connectivity index (χ1) is 9.08. The zero-order chi connectivity index (χ0) is 15.9. The number of amides is 1. The Bertz CT molecular complexity index is 346. The summed E-state index contributed by atoms with van der Waals surface area (Å²) in [7, 11) is 0.